The second-order valence-corrected chi connectivity index (χ2v) is 7.03. The molecule has 100 valence electrons. The summed E-state index contributed by atoms with van der Waals surface area (Å²) in [4.78, 5) is 4.24. The Hall–Kier alpha value is -1.19. The number of hydrogen-bond acceptors (Lipinski definition) is 3. The van der Waals surface area contributed by atoms with Crippen LogP contribution in [0.3, 0.4) is 0 Å². The molecule has 2 bridgehead atoms. The Morgan fingerprint density at radius 3 is 2.84 bits per heavy atom. The van der Waals surface area contributed by atoms with Crippen LogP contribution in [0.5, 0.6) is 11.6 Å². The summed E-state index contributed by atoms with van der Waals surface area (Å²) in [7, 11) is -0.124. The molecule has 0 spiro atoms. The quantitative estimate of drug-likeness (QED) is 0.722. The second kappa shape index (κ2) is 3.68. The molecular weight excluding hydrogens is 237 g/mol. The summed E-state index contributed by atoms with van der Waals surface area (Å²) < 4.78 is 11.9. The van der Waals surface area contributed by atoms with Gasteiger partial charge in [0.2, 0.25) is 5.88 Å². The maximum Gasteiger partial charge on any atom is 0.599 e. The lowest BCUT2D eigenvalue weighted by Crippen LogP contribution is -2.56. The summed E-state index contributed by atoms with van der Waals surface area (Å²) in [6.45, 7) is 7.21. The molecule has 4 heteroatoms. The van der Waals surface area contributed by atoms with Crippen LogP contribution >= 0.6 is 0 Å². The van der Waals surface area contributed by atoms with Crippen molar-refractivity contribution in [3.05, 3.63) is 18.3 Å². The molecule has 0 radical (unpaired) electrons. The largest absolute Gasteiger partial charge is 0.599 e. The first-order chi connectivity index (χ1) is 9.07. The maximum absolute atomic E-state index is 5.97. The van der Waals surface area contributed by atoms with E-state index in [1.165, 1.54) is 12.8 Å². The zero-order valence-electron chi connectivity index (χ0n) is 11.8. The Bertz CT molecular complexity index is 494. The van der Waals surface area contributed by atoms with E-state index in [-0.39, 0.29) is 7.12 Å². The molecule has 3 nitrogen and oxygen atoms in total. The maximum atomic E-state index is 5.97. The zero-order chi connectivity index (χ0) is 13.2. The summed E-state index contributed by atoms with van der Waals surface area (Å²) in [5, 5.41) is 0. The Morgan fingerprint density at radius 2 is 2.16 bits per heavy atom. The molecule has 1 aliphatic heterocycles. The average Bonchev–Trinajstić information content (AvgIpc) is 2.81. The Balaban J connectivity index is 1.54. The molecule has 4 atom stereocenters. The van der Waals surface area contributed by atoms with E-state index in [9.17, 15) is 0 Å². The third-order valence-electron chi connectivity index (χ3n) is 5.97. The van der Waals surface area contributed by atoms with E-state index in [0.29, 0.717) is 23.0 Å². The van der Waals surface area contributed by atoms with Crippen LogP contribution in [0.15, 0.2) is 18.3 Å². The highest BCUT2D eigenvalue weighted by Crippen LogP contribution is 2.65. The summed E-state index contributed by atoms with van der Waals surface area (Å²) in [5.41, 5.74) is 0.514. The lowest BCUT2D eigenvalue weighted by Gasteiger charge is -2.61. The van der Waals surface area contributed by atoms with Crippen LogP contribution in [0.1, 0.15) is 33.6 Å². The minimum atomic E-state index is -0.124. The summed E-state index contributed by atoms with van der Waals surface area (Å²) in [6, 6.07) is 3.84. The van der Waals surface area contributed by atoms with Crippen LogP contribution in [0.25, 0.3) is 0 Å². The van der Waals surface area contributed by atoms with Crippen molar-refractivity contribution < 1.29 is 9.31 Å². The fourth-order valence-electron chi connectivity index (χ4n) is 4.54. The molecule has 0 aromatic carbocycles. The summed E-state index contributed by atoms with van der Waals surface area (Å²) in [5.74, 6) is 4.30. The van der Waals surface area contributed by atoms with E-state index in [1.54, 1.807) is 6.20 Å². The Kier molecular flexibility index (Phi) is 2.25. The normalized spacial score (nSPS) is 37.9. The van der Waals surface area contributed by atoms with Crippen molar-refractivity contribution in [1.29, 1.82) is 0 Å². The third kappa shape index (κ3) is 1.49. The highest BCUT2D eigenvalue weighted by molar-refractivity contribution is 6.49. The molecular formula is C15H20BNO2. The van der Waals surface area contributed by atoms with Crippen molar-refractivity contribution in [2.24, 2.45) is 23.2 Å². The van der Waals surface area contributed by atoms with Crippen molar-refractivity contribution in [2.75, 3.05) is 0 Å². The highest BCUT2D eigenvalue weighted by atomic mass is 16.6. The van der Waals surface area contributed by atoms with Crippen LogP contribution in [0, 0.1) is 23.2 Å². The lowest BCUT2D eigenvalue weighted by atomic mass is 9.39. The van der Waals surface area contributed by atoms with Gasteiger partial charge in [0.05, 0.1) is 0 Å². The van der Waals surface area contributed by atoms with E-state index < -0.39 is 0 Å². The predicted molar refractivity (Wildman–Crippen MR) is 74.2 cm³/mol. The van der Waals surface area contributed by atoms with Crippen molar-refractivity contribution in [3.63, 3.8) is 0 Å². The Labute approximate surface area is 114 Å². The van der Waals surface area contributed by atoms with Crippen LogP contribution in [-0.4, -0.2) is 12.1 Å². The monoisotopic (exact) mass is 257 g/mol. The molecule has 1 aromatic rings. The van der Waals surface area contributed by atoms with Gasteiger partial charge in [-0.15, -0.1) is 0 Å². The molecule has 0 N–H and O–H groups in total. The van der Waals surface area contributed by atoms with Crippen LogP contribution < -0.4 is 9.31 Å². The molecule has 3 fully saturated rings. The van der Waals surface area contributed by atoms with E-state index >= 15 is 0 Å². The van der Waals surface area contributed by atoms with Gasteiger partial charge in [-0.2, -0.15) is 0 Å². The molecule has 0 amide bonds. The first-order valence-corrected chi connectivity index (χ1v) is 7.35. The molecule has 0 unspecified atom stereocenters. The average molecular weight is 257 g/mol. The number of rotatable bonds is 1. The van der Waals surface area contributed by atoms with Gasteiger partial charge in [-0.05, 0) is 48.1 Å². The van der Waals surface area contributed by atoms with Crippen LogP contribution in [0.4, 0.5) is 0 Å². The van der Waals surface area contributed by atoms with E-state index in [0.717, 1.165) is 17.6 Å². The van der Waals surface area contributed by atoms with Gasteiger partial charge in [0.25, 0.3) is 0 Å². The molecule has 1 aromatic heterocycles. The number of pyridine rings is 1. The first-order valence-electron chi connectivity index (χ1n) is 7.35. The fourth-order valence-corrected chi connectivity index (χ4v) is 4.54. The van der Waals surface area contributed by atoms with Crippen LogP contribution in [0.2, 0.25) is 5.82 Å². The van der Waals surface area contributed by atoms with Gasteiger partial charge in [0, 0.05) is 12.0 Å². The van der Waals surface area contributed by atoms with E-state index in [1.807, 2.05) is 12.1 Å². The zero-order valence-corrected chi connectivity index (χ0v) is 11.8. The number of nitrogens with zero attached hydrogens (tertiary/aromatic N) is 1. The number of hydrogen-bond donors (Lipinski definition) is 0. The Morgan fingerprint density at radius 1 is 1.32 bits per heavy atom. The number of fused-ring (bicyclic) bond motifs is 3. The third-order valence-corrected chi connectivity index (χ3v) is 5.97. The standard InChI is InChI=1S/C15H20BNO2/c1-9-11-7-10(15(11,2)3)8-12(9)16-18-13-5-4-6-17-14(13)19-16/h4-6,9-12H,7-8H2,1-3H3/t9-,10+,11-,12-/m0/s1. The molecule has 5 rings (SSSR count). The van der Waals surface area contributed by atoms with Gasteiger partial charge in [-0.3, -0.25) is 0 Å². The molecule has 0 saturated heterocycles. The van der Waals surface area contributed by atoms with Gasteiger partial charge in [0.1, 0.15) is 0 Å². The van der Waals surface area contributed by atoms with Gasteiger partial charge in [-0.1, -0.05) is 20.8 Å². The molecule has 3 saturated carbocycles. The molecule has 3 aliphatic carbocycles. The van der Waals surface area contributed by atoms with E-state index in [2.05, 4.69) is 25.8 Å². The minimum Gasteiger partial charge on any atom is -0.522 e. The van der Waals surface area contributed by atoms with Gasteiger partial charge in [0.15, 0.2) is 5.75 Å². The number of aromatic nitrogens is 1. The molecule has 4 aliphatic rings. The minimum absolute atomic E-state index is 0.124. The topological polar surface area (TPSA) is 31.4 Å². The van der Waals surface area contributed by atoms with Crippen molar-refractivity contribution in [3.8, 4) is 11.6 Å². The van der Waals surface area contributed by atoms with Crippen LogP contribution in [-0.2, 0) is 0 Å². The smallest absolute Gasteiger partial charge is 0.522 e. The van der Waals surface area contributed by atoms with Crippen molar-refractivity contribution in [2.45, 2.75) is 39.4 Å². The van der Waals surface area contributed by atoms with Gasteiger partial charge >= 0.3 is 7.12 Å². The first kappa shape index (κ1) is 11.6. The highest BCUT2D eigenvalue weighted by Gasteiger charge is 2.60. The second-order valence-electron chi connectivity index (χ2n) is 7.03. The molecule has 2 heterocycles. The lowest BCUT2D eigenvalue weighted by molar-refractivity contribution is -0.102. The van der Waals surface area contributed by atoms with Gasteiger partial charge < -0.3 is 9.31 Å². The predicted octanol–water partition coefficient (Wildman–Crippen LogP) is 3.41. The van der Waals surface area contributed by atoms with Gasteiger partial charge in [-0.25, -0.2) is 4.98 Å². The van der Waals surface area contributed by atoms with E-state index in [4.69, 9.17) is 9.31 Å². The fraction of sp³-hybridized carbons (Fsp3) is 0.667. The summed E-state index contributed by atoms with van der Waals surface area (Å²) >= 11 is 0. The van der Waals surface area contributed by atoms with Crippen molar-refractivity contribution in [1.82, 2.24) is 4.98 Å². The SMILES string of the molecule is C[C@@H]1[C@@H](B2Oc3cccnc3O2)C[C@H]2C[C@@H]1C2(C)C. The molecule has 19 heavy (non-hydrogen) atoms. The summed E-state index contributed by atoms with van der Waals surface area (Å²) in [6.07, 6.45) is 4.38. The van der Waals surface area contributed by atoms with Crippen molar-refractivity contribution >= 4 is 7.12 Å².